The molecule has 0 radical (unpaired) electrons. The smallest absolute Gasteiger partial charge is 0.251 e. The molecule has 0 heterocycles. The summed E-state index contributed by atoms with van der Waals surface area (Å²) in [6.07, 6.45) is 0. The Labute approximate surface area is 105 Å². The van der Waals surface area contributed by atoms with Crippen molar-refractivity contribution in [2.75, 3.05) is 0 Å². The van der Waals surface area contributed by atoms with Crippen LogP contribution < -0.4 is 5.32 Å². The van der Waals surface area contributed by atoms with Crippen molar-refractivity contribution in [2.24, 2.45) is 0 Å². The van der Waals surface area contributed by atoms with E-state index < -0.39 is 0 Å². The normalized spacial score (nSPS) is 9.94. The standard InChI is InChI=1S/C14H12ClNO/c15-13-8-4-7-12(9-13)14(17)16-10-11-5-2-1-3-6-11/h1-9H,10H2,(H,16,17). The molecule has 3 heteroatoms. The van der Waals surface area contributed by atoms with Crippen LogP contribution in [0.2, 0.25) is 5.02 Å². The highest BCUT2D eigenvalue weighted by Gasteiger charge is 2.04. The molecule has 17 heavy (non-hydrogen) atoms. The zero-order chi connectivity index (χ0) is 12.1. The second-order valence-corrected chi connectivity index (χ2v) is 4.12. The number of hydrogen-bond donors (Lipinski definition) is 1. The molecule has 0 atom stereocenters. The molecule has 2 aromatic rings. The quantitative estimate of drug-likeness (QED) is 0.884. The maximum Gasteiger partial charge on any atom is 0.251 e. The zero-order valence-electron chi connectivity index (χ0n) is 9.19. The van der Waals surface area contributed by atoms with Crippen molar-refractivity contribution in [3.8, 4) is 0 Å². The van der Waals surface area contributed by atoms with Gasteiger partial charge in [-0.2, -0.15) is 0 Å². The van der Waals surface area contributed by atoms with Crippen LogP contribution in [0.4, 0.5) is 0 Å². The van der Waals surface area contributed by atoms with E-state index in [0.717, 1.165) is 5.56 Å². The Morgan fingerprint density at radius 3 is 2.53 bits per heavy atom. The van der Waals surface area contributed by atoms with Gasteiger partial charge in [-0.05, 0) is 23.8 Å². The van der Waals surface area contributed by atoms with Crippen molar-refractivity contribution >= 4 is 17.5 Å². The van der Waals surface area contributed by atoms with Crippen molar-refractivity contribution in [3.05, 3.63) is 70.7 Å². The van der Waals surface area contributed by atoms with Crippen molar-refractivity contribution in [2.45, 2.75) is 6.54 Å². The molecule has 0 unspecified atom stereocenters. The lowest BCUT2D eigenvalue weighted by Crippen LogP contribution is -2.22. The average molecular weight is 246 g/mol. The minimum Gasteiger partial charge on any atom is -0.348 e. The number of carbonyl (C=O) groups excluding carboxylic acids is 1. The van der Waals surface area contributed by atoms with E-state index in [1.165, 1.54) is 0 Å². The van der Waals surface area contributed by atoms with Crippen molar-refractivity contribution < 1.29 is 4.79 Å². The summed E-state index contributed by atoms with van der Waals surface area (Å²) in [6, 6.07) is 16.7. The third-order valence-corrected chi connectivity index (χ3v) is 2.62. The first-order valence-electron chi connectivity index (χ1n) is 5.33. The van der Waals surface area contributed by atoms with Crippen LogP contribution in [0, 0.1) is 0 Å². The molecule has 0 aliphatic rings. The summed E-state index contributed by atoms with van der Waals surface area (Å²) < 4.78 is 0. The topological polar surface area (TPSA) is 29.1 Å². The summed E-state index contributed by atoms with van der Waals surface area (Å²) in [4.78, 5) is 11.8. The fourth-order valence-electron chi connectivity index (χ4n) is 1.51. The number of rotatable bonds is 3. The fraction of sp³-hybridized carbons (Fsp3) is 0.0714. The first kappa shape index (κ1) is 11.7. The molecule has 86 valence electrons. The highest BCUT2D eigenvalue weighted by molar-refractivity contribution is 6.30. The van der Waals surface area contributed by atoms with Crippen LogP contribution in [0.3, 0.4) is 0 Å². The van der Waals surface area contributed by atoms with Crippen molar-refractivity contribution in [3.63, 3.8) is 0 Å². The van der Waals surface area contributed by atoms with Gasteiger partial charge in [-0.25, -0.2) is 0 Å². The van der Waals surface area contributed by atoms with Gasteiger partial charge >= 0.3 is 0 Å². The Balaban J connectivity index is 1.98. The van der Waals surface area contributed by atoms with Crippen LogP contribution in [0.5, 0.6) is 0 Å². The van der Waals surface area contributed by atoms with E-state index in [9.17, 15) is 4.79 Å². The molecule has 2 aromatic carbocycles. The van der Waals surface area contributed by atoms with Gasteiger partial charge in [-0.3, -0.25) is 4.79 Å². The van der Waals surface area contributed by atoms with Crippen LogP contribution in [0.15, 0.2) is 54.6 Å². The van der Waals surface area contributed by atoms with Gasteiger partial charge in [0.1, 0.15) is 0 Å². The van der Waals surface area contributed by atoms with Gasteiger partial charge in [0.15, 0.2) is 0 Å². The maximum atomic E-state index is 11.8. The van der Waals surface area contributed by atoms with E-state index in [1.807, 2.05) is 30.3 Å². The number of halogens is 1. The molecule has 0 aliphatic carbocycles. The minimum atomic E-state index is -0.114. The lowest BCUT2D eigenvalue weighted by molar-refractivity contribution is 0.0951. The lowest BCUT2D eigenvalue weighted by Gasteiger charge is -2.05. The summed E-state index contributed by atoms with van der Waals surface area (Å²) in [5, 5.41) is 3.41. The number of amides is 1. The molecule has 1 N–H and O–H groups in total. The fourth-order valence-corrected chi connectivity index (χ4v) is 1.70. The second-order valence-electron chi connectivity index (χ2n) is 3.68. The Bertz CT molecular complexity index is 511. The molecule has 0 aliphatic heterocycles. The summed E-state index contributed by atoms with van der Waals surface area (Å²) >= 11 is 5.83. The van der Waals surface area contributed by atoms with Crippen LogP contribution in [-0.4, -0.2) is 5.91 Å². The molecule has 0 saturated heterocycles. The van der Waals surface area contributed by atoms with E-state index >= 15 is 0 Å². The van der Waals surface area contributed by atoms with E-state index in [4.69, 9.17) is 11.6 Å². The third-order valence-electron chi connectivity index (χ3n) is 2.38. The number of nitrogens with one attached hydrogen (secondary N) is 1. The third kappa shape index (κ3) is 3.33. The highest BCUT2D eigenvalue weighted by atomic mass is 35.5. The Hall–Kier alpha value is -1.80. The zero-order valence-corrected chi connectivity index (χ0v) is 9.95. The predicted molar refractivity (Wildman–Crippen MR) is 69.1 cm³/mol. The first-order chi connectivity index (χ1) is 8.25. The summed E-state index contributed by atoms with van der Waals surface area (Å²) in [7, 11) is 0. The first-order valence-corrected chi connectivity index (χ1v) is 5.71. The molecule has 0 bridgehead atoms. The van der Waals surface area contributed by atoms with E-state index in [1.54, 1.807) is 24.3 Å². The molecule has 2 nitrogen and oxygen atoms in total. The van der Waals surface area contributed by atoms with E-state index in [0.29, 0.717) is 17.1 Å². The van der Waals surface area contributed by atoms with Crippen LogP contribution >= 0.6 is 11.6 Å². The molecular formula is C14H12ClNO. The van der Waals surface area contributed by atoms with Crippen molar-refractivity contribution in [1.29, 1.82) is 0 Å². The van der Waals surface area contributed by atoms with Gasteiger partial charge in [-0.1, -0.05) is 48.0 Å². The Morgan fingerprint density at radius 1 is 1.06 bits per heavy atom. The van der Waals surface area contributed by atoms with Gasteiger partial charge in [0.2, 0.25) is 0 Å². The summed E-state index contributed by atoms with van der Waals surface area (Å²) in [5.74, 6) is -0.114. The molecule has 0 fully saturated rings. The van der Waals surface area contributed by atoms with Crippen LogP contribution in [0.1, 0.15) is 15.9 Å². The lowest BCUT2D eigenvalue weighted by atomic mass is 10.2. The Morgan fingerprint density at radius 2 is 1.82 bits per heavy atom. The molecular weight excluding hydrogens is 234 g/mol. The van der Waals surface area contributed by atoms with Gasteiger partial charge in [0.05, 0.1) is 0 Å². The molecule has 0 spiro atoms. The van der Waals surface area contributed by atoms with Gasteiger partial charge in [0.25, 0.3) is 5.91 Å². The largest absolute Gasteiger partial charge is 0.348 e. The van der Waals surface area contributed by atoms with E-state index in [2.05, 4.69) is 5.32 Å². The number of benzene rings is 2. The summed E-state index contributed by atoms with van der Waals surface area (Å²) in [6.45, 7) is 0.520. The van der Waals surface area contributed by atoms with Crippen molar-refractivity contribution in [1.82, 2.24) is 5.32 Å². The SMILES string of the molecule is O=C(NCc1ccccc1)c1cccc(Cl)c1. The minimum absolute atomic E-state index is 0.114. The van der Waals surface area contributed by atoms with Crippen LogP contribution in [0.25, 0.3) is 0 Å². The highest BCUT2D eigenvalue weighted by Crippen LogP contribution is 2.10. The van der Waals surface area contributed by atoms with Crippen LogP contribution in [-0.2, 0) is 6.54 Å². The molecule has 0 aromatic heterocycles. The molecule has 0 saturated carbocycles. The number of hydrogen-bond acceptors (Lipinski definition) is 1. The van der Waals surface area contributed by atoms with Gasteiger partial charge in [0, 0.05) is 17.1 Å². The molecule has 2 rings (SSSR count). The number of carbonyl (C=O) groups is 1. The predicted octanol–water partition coefficient (Wildman–Crippen LogP) is 3.27. The van der Waals surface area contributed by atoms with Gasteiger partial charge < -0.3 is 5.32 Å². The van der Waals surface area contributed by atoms with Gasteiger partial charge in [-0.15, -0.1) is 0 Å². The monoisotopic (exact) mass is 245 g/mol. The maximum absolute atomic E-state index is 11.8. The second kappa shape index (κ2) is 5.51. The average Bonchev–Trinajstić information content (AvgIpc) is 2.37. The summed E-state index contributed by atoms with van der Waals surface area (Å²) in [5.41, 5.74) is 1.65. The van der Waals surface area contributed by atoms with E-state index in [-0.39, 0.29) is 5.91 Å². The molecule has 1 amide bonds. The Kier molecular flexibility index (Phi) is 3.78.